The molecule has 1 aromatic carbocycles. The van der Waals surface area contributed by atoms with E-state index in [1.165, 1.54) is 0 Å². The summed E-state index contributed by atoms with van der Waals surface area (Å²) in [6, 6.07) is 10.2. The molecule has 1 aromatic heterocycles. The first-order chi connectivity index (χ1) is 12.2. The number of hydrazine groups is 1. The number of hydrogen-bond acceptors (Lipinski definition) is 6. The Balaban J connectivity index is 1.61. The molecule has 2 aromatic rings. The van der Waals surface area contributed by atoms with Gasteiger partial charge in [-0.2, -0.15) is 0 Å². The van der Waals surface area contributed by atoms with Crippen LogP contribution in [-0.4, -0.2) is 29.5 Å². The second-order valence-corrected chi connectivity index (χ2v) is 5.70. The van der Waals surface area contributed by atoms with Crippen LogP contribution in [0.4, 0.5) is 5.69 Å². The summed E-state index contributed by atoms with van der Waals surface area (Å²) in [6.45, 7) is 2.06. The van der Waals surface area contributed by atoms with Gasteiger partial charge in [-0.15, -0.1) is 0 Å². The number of carbonyl (C=O) groups excluding carboxylic acids is 2. The van der Waals surface area contributed by atoms with Gasteiger partial charge < -0.3 is 10.1 Å². The minimum absolute atomic E-state index is 0.0459. The Labute approximate surface area is 145 Å². The van der Waals surface area contributed by atoms with E-state index in [0.717, 1.165) is 5.56 Å². The molecule has 1 saturated heterocycles. The van der Waals surface area contributed by atoms with Crippen LogP contribution in [0.15, 0.2) is 48.8 Å². The normalized spacial score (nSPS) is 19.4. The Morgan fingerprint density at radius 2 is 2.04 bits per heavy atom. The van der Waals surface area contributed by atoms with Crippen LogP contribution in [0, 0.1) is 0 Å². The van der Waals surface area contributed by atoms with Gasteiger partial charge in [0.1, 0.15) is 6.04 Å². The van der Waals surface area contributed by atoms with Crippen LogP contribution in [0.2, 0.25) is 0 Å². The minimum atomic E-state index is -0.406. The number of rotatable bonds is 5. The van der Waals surface area contributed by atoms with E-state index in [2.05, 4.69) is 21.2 Å². The van der Waals surface area contributed by atoms with Crippen molar-refractivity contribution in [2.45, 2.75) is 25.4 Å². The molecule has 1 aliphatic rings. The molecule has 3 rings (SSSR count). The highest BCUT2D eigenvalue weighted by Crippen LogP contribution is 2.22. The van der Waals surface area contributed by atoms with Crippen molar-refractivity contribution >= 4 is 17.6 Å². The number of carbonyl (C=O) groups is 2. The molecule has 0 bridgehead atoms. The maximum atomic E-state index is 12.5. The molecule has 7 nitrogen and oxygen atoms in total. The standard InChI is InChI=1S/C18H20N4O3/c1-2-25-18(24)13-4-3-5-14(10-13)20-17(23)16-11-15(21-22-16)12-6-8-19-9-7-12/h3-10,15-16,21-22H,2,11H2,1H3,(H,20,23). The molecule has 2 heterocycles. The van der Waals surface area contributed by atoms with E-state index < -0.39 is 5.97 Å². The largest absolute Gasteiger partial charge is 0.462 e. The molecule has 1 amide bonds. The van der Waals surface area contributed by atoms with Gasteiger partial charge in [0.15, 0.2) is 0 Å². The van der Waals surface area contributed by atoms with Crippen molar-refractivity contribution in [2.75, 3.05) is 11.9 Å². The topological polar surface area (TPSA) is 92.3 Å². The lowest BCUT2D eigenvalue weighted by atomic mass is 10.0. The van der Waals surface area contributed by atoms with Crippen LogP contribution >= 0.6 is 0 Å². The van der Waals surface area contributed by atoms with Crippen LogP contribution in [0.5, 0.6) is 0 Å². The Morgan fingerprint density at radius 3 is 2.80 bits per heavy atom. The predicted octanol–water partition coefficient (Wildman–Crippen LogP) is 1.80. The molecule has 3 N–H and O–H groups in total. The summed E-state index contributed by atoms with van der Waals surface area (Å²) in [4.78, 5) is 28.2. The van der Waals surface area contributed by atoms with Gasteiger partial charge in [-0.05, 0) is 49.2 Å². The zero-order valence-corrected chi connectivity index (χ0v) is 13.9. The maximum absolute atomic E-state index is 12.5. The summed E-state index contributed by atoms with van der Waals surface area (Å²) in [7, 11) is 0. The van der Waals surface area contributed by atoms with Gasteiger partial charge in [0.25, 0.3) is 0 Å². The van der Waals surface area contributed by atoms with Crippen molar-refractivity contribution in [1.82, 2.24) is 15.8 Å². The third kappa shape index (κ3) is 4.20. The van der Waals surface area contributed by atoms with E-state index in [-0.39, 0.29) is 18.0 Å². The Hall–Kier alpha value is -2.77. The number of amides is 1. The van der Waals surface area contributed by atoms with Crippen molar-refractivity contribution in [3.63, 3.8) is 0 Å². The quantitative estimate of drug-likeness (QED) is 0.719. The first-order valence-electron chi connectivity index (χ1n) is 8.16. The smallest absolute Gasteiger partial charge is 0.338 e. The van der Waals surface area contributed by atoms with Crippen LogP contribution in [0.3, 0.4) is 0 Å². The first kappa shape index (κ1) is 17.1. The average Bonchev–Trinajstić information content (AvgIpc) is 3.13. The van der Waals surface area contributed by atoms with Gasteiger partial charge in [0, 0.05) is 24.1 Å². The molecule has 25 heavy (non-hydrogen) atoms. The molecule has 1 aliphatic heterocycles. The molecule has 130 valence electrons. The van der Waals surface area contributed by atoms with Crippen molar-refractivity contribution in [1.29, 1.82) is 0 Å². The zero-order chi connectivity index (χ0) is 17.6. The molecule has 0 radical (unpaired) electrons. The number of pyridine rings is 1. The Kier molecular flexibility index (Phi) is 5.37. The highest BCUT2D eigenvalue weighted by Gasteiger charge is 2.30. The van der Waals surface area contributed by atoms with E-state index in [1.807, 2.05) is 12.1 Å². The number of hydrogen-bond donors (Lipinski definition) is 3. The van der Waals surface area contributed by atoms with Gasteiger partial charge in [-0.1, -0.05) is 6.07 Å². The lowest BCUT2D eigenvalue weighted by Crippen LogP contribution is -2.39. The number of nitrogens with one attached hydrogen (secondary N) is 3. The van der Waals surface area contributed by atoms with Crippen molar-refractivity contribution in [3.8, 4) is 0 Å². The van der Waals surface area contributed by atoms with E-state index in [4.69, 9.17) is 4.74 Å². The van der Waals surface area contributed by atoms with Crippen LogP contribution in [-0.2, 0) is 9.53 Å². The van der Waals surface area contributed by atoms with Gasteiger partial charge in [0.05, 0.1) is 12.2 Å². The van der Waals surface area contributed by atoms with E-state index in [0.29, 0.717) is 24.3 Å². The fourth-order valence-corrected chi connectivity index (χ4v) is 2.71. The van der Waals surface area contributed by atoms with Crippen molar-refractivity contribution < 1.29 is 14.3 Å². The maximum Gasteiger partial charge on any atom is 0.338 e. The van der Waals surface area contributed by atoms with Crippen molar-refractivity contribution in [2.24, 2.45) is 0 Å². The summed E-state index contributed by atoms with van der Waals surface area (Å²) in [6.07, 6.45) is 4.07. The third-order valence-corrected chi connectivity index (χ3v) is 3.97. The molecule has 0 aliphatic carbocycles. The highest BCUT2D eigenvalue weighted by molar-refractivity contribution is 5.97. The Morgan fingerprint density at radius 1 is 1.24 bits per heavy atom. The summed E-state index contributed by atoms with van der Waals surface area (Å²) < 4.78 is 4.97. The van der Waals surface area contributed by atoms with Gasteiger partial charge in [0.2, 0.25) is 5.91 Å². The number of nitrogens with zero attached hydrogens (tertiary/aromatic N) is 1. The van der Waals surface area contributed by atoms with E-state index in [9.17, 15) is 9.59 Å². The number of anilines is 1. The molecule has 7 heteroatoms. The first-order valence-corrected chi connectivity index (χ1v) is 8.16. The van der Waals surface area contributed by atoms with Gasteiger partial charge >= 0.3 is 5.97 Å². The highest BCUT2D eigenvalue weighted by atomic mass is 16.5. The van der Waals surface area contributed by atoms with E-state index in [1.54, 1.807) is 43.6 Å². The summed E-state index contributed by atoms with van der Waals surface area (Å²) in [5.74, 6) is -0.568. The van der Waals surface area contributed by atoms with Crippen LogP contribution in [0.1, 0.15) is 35.3 Å². The fourth-order valence-electron chi connectivity index (χ4n) is 2.71. The number of esters is 1. The monoisotopic (exact) mass is 340 g/mol. The zero-order valence-electron chi connectivity index (χ0n) is 13.9. The molecular formula is C18H20N4O3. The lowest BCUT2D eigenvalue weighted by Gasteiger charge is -2.11. The number of ether oxygens (including phenoxy) is 1. The van der Waals surface area contributed by atoms with Crippen LogP contribution < -0.4 is 16.2 Å². The van der Waals surface area contributed by atoms with E-state index >= 15 is 0 Å². The average molecular weight is 340 g/mol. The molecule has 2 atom stereocenters. The van der Waals surface area contributed by atoms with Crippen LogP contribution in [0.25, 0.3) is 0 Å². The SMILES string of the molecule is CCOC(=O)c1cccc(NC(=O)C2CC(c3ccncc3)NN2)c1. The number of benzene rings is 1. The third-order valence-electron chi connectivity index (χ3n) is 3.97. The van der Waals surface area contributed by atoms with Gasteiger partial charge in [-0.25, -0.2) is 15.6 Å². The predicted molar refractivity (Wildman–Crippen MR) is 92.7 cm³/mol. The second kappa shape index (κ2) is 7.87. The van der Waals surface area contributed by atoms with Gasteiger partial charge in [-0.3, -0.25) is 9.78 Å². The molecule has 0 saturated carbocycles. The molecule has 1 fully saturated rings. The second-order valence-electron chi connectivity index (χ2n) is 5.70. The Bertz CT molecular complexity index is 751. The molecule has 2 unspecified atom stereocenters. The minimum Gasteiger partial charge on any atom is -0.462 e. The summed E-state index contributed by atoms with van der Waals surface area (Å²) in [5.41, 5.74) is 8.17. The molecule has 0 spiro atoms. The number of aromatic nitrogens is 1. The summed E-state index contributed by atoms with van der Waals surface area (Å²) >= 11 is 0. The summed E-state index contributed by atoms with van der Waals surface area (Å²) in [5, 5.41) is 2.83. The lowest BCUT2D eigenvalue weighted by molar-refractivity contribution is -0.117. The fraction of sp³-hybridized carbons (Fsp3) is 0.278. The van der Waals surface area contributed by atoms with Crippen molar-refractivity contribution in [3.05, 3.63) is 59.9 Å². The molecular weight excluding hydrogens is 320 g/mol.